The van der Waals surface area contributed by atoms with Crippen LogP contribution in [-0.2, 0) is 14.3 Å². The number of aldehydes is 1. The molecule has 0 rings (SSSR count). The molecule has 0 radical (unpaired) electrons. The average Bonchev–Trinajstić information content (AvgIpc) is 2.03. The number of hydrogen-bond acceptors (Lipinski definition) is 3. The molecule has 0 aliphatic heterocycles. The lowest BCUT2D eigenvalue weighted by atomic mass is 10.3. The molecule has 0 unspecified atom stereocenters. The molecule has 0 heterocycles. The van der Waals surface area contributed by atoms with Gasteiger partial charge in [0.1, 0.15) is 6.29 Å². The van der Waals surface area contributed by atoms with Gasteiger partial charge in [-0.15, -0.1) is 0 Å². The molecule has 0 amide bonds. The monoisotopic (exact) mass is 184 g/mol. The molecule has 0 saturated carbocycles. The molecule has 3 nitrogen and oxygen atoms in total. The van der Waals surface area contributed by atoms with Crippen molar-refractivity contribution in [1.82, 2.24) is 0 Å². The summed E-state index contributed by atoms with van der Waals surface area (Å²) in [7, 11) is 0. The van der Waals surface area contributed by atoms with Gasteiger partial charge in [-0.1, -0.05) is 13.2 Å². The van der Waals surface area contributed by atoms with Crippen LogP contribution in [0.25, 0.3) is 0 Å². The molecule has 0 spiro atoms. The molecular formula is C10H16O3. The lowest BCUT2D eigenvalue weighted by molar-refractivity contribution is -0.142. The van der Waals surface area contributed by atoms with E-state index in [0.717, 1.165) is 0 Å². The van der Waals surface area contributed by atoms with E-state index in [1.54, 1.807) is 20.8 Å². The highest BCUT2D eigenvalue weighted by molar-refractivity contribution is 5.87. The zero-order valence-corrected chi connectivity index (χ0v) is 8.37. The van der Waals surface area contributed by atoms with Crippen LogP contribution in [0.5, 0.6) is 0 Å². The predicted octanol–water partition coefficient (Wildman–Crippen LogP) is 1.89. The number of carbonyl (C=O) groups is 2. The molecule has 74 valence electrons. The largest absolute Gasteiger partial charge is 0.460 e. The van der Waals surface area contributed by atoms with Crippen molar-refractivity contribution in [2.75, 3.05) is 0 Å². The lowest BCUT2D eigenvalue weighted by Crippen LogP contribution is -2.11. The Balaban J connectivity index is 0. The van der Waals surface area contributed by atoms with Gasteiger partial charge in [-0.05, 0) is 26.8 Å². The molecule has 13 heavy (non-hydrogen) atoms. The third-order valence-electron chi connectivity index (χ3n) is 0.787. The molecule has 0 aromatic carbocycles. The fourth-order valence-corrected chi connectivity index (χ4v) is 0.315. The van der Waals surface area contributed by atoms with Crippen molar-refractivity contribution in [1.29, 1.82) is 0 Å². The summed E-state index contributed by atoms with van der Waals surface area (Å²) in [5.74, 6) is -0.315. The number of rotatable bonds is 3. The van der Waals surface area contributed by atoms with Crippen LogP contribution < -0.4 is 0 Å². The lowest BCUT2D eigenvalue weighted by Gasteiger charge is -2.05. The van der Waals surface area contributed by atoms with Gasteiger partial charge in [0.2, 0.25) is 0 Å². The van der Waals surface area contributed by atoms with Crippen molar-refractivity contribution < 1.29 is 14.3 Å². The Bertz CT molecular complexity index is 186. The third kappa shape index (κ3) is 13.6. The second-order valence-electron chi connectivity index (χ2n) is 2.61. The Hall–Kier alpha value is -1.38. The minimum absolute atomic E-state index is 0.0470. The average molecular weight is 184 g/mol. The smallest absolute Gasteiger partial charge is 0.333 e. The van der Waals surface area contributed by atoms with Crippen molar-refractivity contribution in [3.8, 4) is 0 Å². The number of ether oxygens (including phenoxy) is 1. The van der Waals surface area contributed by atoms with Gasteiger partial charge in [-0.25, -0.2) is 4.79 Å². The van der Waals surface area contributed by atoms with Gasteiger partial charge in [-0.2, -0.15) is 0 Å². The Morgan fingerprint density at radius 3 is 1.92 bits per heavy atom. The summed E-state index contributed by atoms with van der Waals surface area (Å²) >= 11 is 0. The summed E-state index contributed by atoms with van der Waals surface area (Å²) in [4.78, 5) is 19.7. The van der Waals surface area contributed by atoms with E-state index < -0.39 is 0 Å². The molecule has 0 aromatic rings. The summed E-state index contributed by atoms with van der Waals surface area (Å²) in [6.45, 7) is 11.8. The van der Waals surface area contributed by atoms with E-state index in [4.69, 9.17) is 9.53 Å². The van der Waals surface area contributed by atoms with Crippen molar-refractivity contribution in [3.05, 3.63) is 24.8 Å². The third-order valence-corrected chi connectivity index (χ3v) is 0.787. The second kappa shape index (κ2) is 8.71. The summed E-state index contributed by atoms with van der Waals surface area (Å²) in [6.07, 6.45) is 1.79. The quantitative estimate of drug-likeness (QED) is 0.382. The summed E-state index contributed by atoms with van der Waals surface area (Å²) in [5.41, 5.74) is 0.448. The normalized spacial score (nSPS) is 8.00. The molecule has 0 aliphatic rings. The number of carbonyl (C=O) groups excluding carboxylic acids is 2. The van der Waals surface area contributed by atoms with Gasteiger partial charge >= 0.3 is 5.97 Å². The second-order valence-corrected chi connectivity index (χ2v) is 2.61. The maximum Gasteiger partial charge on any atom is 0.333 e. The van der Waals surface area contributed by atoms with Crippen molar-refractivity contribution in [2.45, 2.75) is 26.9 Å². The number of allylic oxidation sites excluding steroid dienone is 1. The first-order chi connectivity index (χ1) is 5.95. The van der Waals surface area contributed by atoms with Gasteiger partial charge < -0.3 is 4.74 Å². The van der Waals surface area contributed by atoms with E-state index in [2.05, 4.69) is 13.2 Å². The van der Waals surface area contributed by atoms with Crippen LogP contribution in [0.2, 0.25) is 0 Å². The van der Waals surface area contributed by atoms with Crippen LogP contribution in [0, 0.1) is 0 Å². The van der Waals surface area contributed by atoms with Crippen LogP contribution in [-0.4, -0.2) is 18.4 Å². The van der Waals surface area contributed by atoms with Crippen LogP contribution in [0.4, 0.5) is 0 Å². The molecule has 0 aliphatic carbocycles. The molecule has 0 N–H and O–H groups in total. The van der Waals surface area contributed by atoms with Crippen LogP contribution in [0.1, 0.15) is 20.8 Å². The summed E-state index contributed by atoms with van der Waals surface area (Å²) in [6, 6.07) is 0. The van der Waals surface area contributed by atoms with Crippen molar-refractivity contribution >= 4 is 12.3 Å². The summed E-state index contributed by atoms with van der Waals surface area (Å²) < 4.78 is 4.77. The van der Waals surface area contributed by atoms with Crippen molar-refractivity contribution in [3.63, 3.8) is 0 Å². The van der Waals surface area contributed by atoms with E-state index >= 15 is 0 Å². The van der Waals surface area contributed by atoms with Crippen molar-refractivity contribution in [2.24, 2.45) is 0 Å². The molecule has 3 heteroatoms. The Labute approximate surface area is 79.1 Å². The fourth-order valence-electron chi connectivity index (χ4n) is 0.315. The highest BCUT2D eigenvalue weighted by Gasteiger charge is 2.03. The highest BCUT2D eigenvalue weighted by Crippen LogP contribution is 1.95. The first-order valence-corrected chi connectivity index (χ1v) is 3.88. The first-order valence-electron chi connectivity index (χ1n) is 3.88. The first kappa shape index (κ1) is 14.2. The molecule has 0 fully saturated rings. The van der Waals surface area contributed by atoms with Crippen LogP contribution in [0.3, 0.4) is 0 Å². The van der Waals surface area contributed by atoms with Gasteiger partial charge in [0.25, 0.3) is 0 Å². The van der Waals surface area contributed by atoms with Gasteiger partial charge in [0.05, 0.1) is 6.10 Å². The topological polar surface area (TPSA) is 43.4 Å². The Morgan fingerprint density at radius 1 is 1.46 bits per heavy atom. The molecule has 0 atom stereocenters. The van der Waals surface area contributed by atoms with Crippen LogP contribution >= 0.6 is 0 Å². The van der Waals surface area contributed by atoms with Gasteiger partial charge in [0.15, 0.2) is 0 Å². The Kier molecular flexibility index (Phi) is 9.49. The van der Waals surface area contributed by atoms with Crippen LogP contribution in [0.15, 0.2) is 24.8 Å². The Morgan fingerprint density at radius 2 is 1.85 bits per heavy atom. The molecule has 0 bridgehead atoms. The minimum Gasteiger partial charge on any atom is -0.460 e. The zero-order valence-electron chi connectivity index (χ0n) is 8.37. The fraction of sp³-hybridized carbons (Fsp3) is 0.400. The van der Waals surface area contributed by atoms with Gasteiger partial charge in [0, 0.05) is 5.57 Å². The summed E-state index contributed by atoms with van der Waals surface area (Å²) in [5, 5.41) is 0. The number of hydrogen-bond donors (Lipinski definition) is 0. The SMILES string of the molecule is C=C(C)C(=O)OC(C)C.C=CC=O. The van der Waals surface area contributed by atoms with Gasteiger partial charge in [-0.3, -0.25) is 4.79 Å². The molecule has 0 aromatic heterocycles. The van der Waals surface area contributed by atoms with E-state index in [0.29, 0.717) is 11.9 Å². The van der Waals surface area contributed by atoms with E-state index in [1.807, 2.05) is 0 Å². The minimum atomic E-state index is -0.315. The molecule has 0 saturated heterocycles. The van der Waals surface area contributed by atoms with E-state index in [1.165, 1.54) is 6.08 Å². The maximum atomic E-state index is 10.6. The zero-order chi connectivity index (χ0) is 10.9. The van der Waals surface area contributed by atoms with E-state index in [-0.39, 0.29) is 12.1 Å². The predicted molar refractivity (Wildman–Crippen MR) is 52.3 cm³/mol. The standard InChI is InChI=1S/C7H12O2.C3H4O/c1-5(2)7(8)9-6(3)4;1-2-3-4/h6H,1H2,2-4H3;2-3H,1H2. The number of esters is 1. The highest BCUT2D eigenvalue weighted by atomic mass is 16.5. The maximum absolute atomic E-state index is 10.6. The molecular weight excluding hydrogens is 168 g/mol. The van der Waals surface area contributed by atoms with E-state index in [9.17, 15) is 4.79 Å².